The van der Waals surface area contributed by atoms with Crippen molar-refractivity contribution in [2.45, 2.75) is 24.7 Å². The summed E-state index contributed by atoms with van der Waals surface area (Å²) in [5.41, 5.74) is 19.8. The molecular weight excluding hydrogens is 615 g/mol. The summed E-state index contributed by atoms with van der Waals surface area (Å²) >= 11 is 0. The molecule has 0 radical (unpaired) electrons. The Morgan fingerprint density at radius 1 is 0.725 bits per heavy atom. The molecule has 2 aliphatic carbocycles. The van der Waals surface area contributed by atoms with Gasteiger partial charge in [-0.3, -0.25) is 0 Å². The standard InChI is InChI=1S/C50H43N/c1-3-4-18-38(29-31-46(39-19-7-5-8-20-39)40-21-9-6-10-22-40)42-25-15-26-43(34-42)44-30-32-47-45(36-51)27-16-33-50(49(47)35-44)37(2)17-11-12-23-41-24-13-14-28-48(41)50/h3-32,34-36,46H,2,33,51H2,1H3/b4-3+,17-11-,23-12-,31-29-,38-18+,45-36+. The van der Waals surface area contributed by atoms with Crippen LogP contribution in [0.4, 0.5) is 0 Å². The van der Waals surface area contributed by atoms with Gasteiger partial charge in [0.25, 0.3) is 0 Å². The fourth-order valence-electron chi connectivity index (χ4n) is 7.53. The van der Waals surface area contributed by atoms with Gasteiger partial charge >= 0.3 is 0 Å². The van der Waals surface area contributed by atoms with E-state index in [4.69, 9.17) is 12.3 Å². The van der Waals surface area contributed by atoms with Crippen LogP contribution in [0, 0.1) is 0 Å². The molecule has 1 atom stereocenters. The average molecular weight is 658 g/mol. The Morgan fingerprint density at radius 2 is 1.43 bits per heavy atom. The van der Waals surface area contributed by atoms with Gasteiger partial charge in [0.1, 0.15) is 0 Å². The van der Waals surface area contributed by atoms with E-state index in [0.29, 0.717) is 0 Å². The number of benzene rings is 5. The number of fused-ring (bicyclic) bond motifs is 4. The summed E-state index contributed by atoms with van der Waals surface area (Å²) < 4.78 is 0. The van der Waals surface area contributed by atoms with E-state index in [-0.39, 0.29) is 5.92 Å². The molecule has 1 spiro atoms. The molecule has 0 amide bonds. The molecule has 7 rings (SSSR count). The van der Waals surface area contributed by atoms with Gasteiger partial charge < -0.3 is 5.73 Å². The zero-order valence-electron chi connectivity index (χ0n) is 29.1. The summed E-state index contributed by atoms with van der Waals surface area (Å²) in [6.45, 7) is 6.76. The molecule has 2 N–H and O–H groups in total. The quantitative estimate of drug-likeness (QED) is 0.173. The Balaban J connectivity index is 1.34. The maximum atomic E-state index is 6.28. The second-order valence-corrected chi connectivity index (χ2v) is 13.1. The van der Waals surface area contributed by atoms with Crippen molar-refractivity contribution >= 4 is 17.2 Å². The first-order valence-electron chi connectivity index (χ1n) is 17.7. The molecule has 0 heterocycles. The topological polar surface area (TPSA) is 26.0 Å². The first kappa shape index (κ1) is 33.3. The molecule has 1 unspecified atom stereocenters. The molecule has 2 aliphatic rings. The normalized spacial score (nSPS) is 19.2. The second kappa shape index (κ2) is 15.2. The fraction of sp³-hybridized carbons (Fsp3) is 0.0800. The SMILES string of the molecule is C=C1/C=C\C=C/c2ccccc2C12CC=C/C(=C\N)c1ccc(-c3cccc(C(/C=C\C(c4ccccc4)c4ccccc4)=C/C=C/C)c3)cc12. The van der Waals surface area contributed by atoms with Crippen LogP contribution in [0.15, 0.2) is 207 Å². The highest BCUT2D eigenvalue weighted by atomic mass is 14.5. The van der Waals surface area contributed by atoms with Crippen molar-refractivity contribution in [1.82, 2.24) is 0 Å². The van der Waals surface area contributed by atoms with Gasteiger partial charge in [-0.1, -0.05) is 189 Å². The van der Waals surface area contributed by atoms with Crippen LogP contribution in [0.2, 0.25) is 0 Å². The van der Waals surface area contributed by atoms with Crippen molar-refractivity contribution in [2.24, 2.45) is 5.73 Å². The third kappa shape index (κ3) is 6.72. The van der Waals surface area contributed by atoms with E-state index < -0.39 is 5.41 Å². The Morgan fingerprint density at radius 3 is 2.18 bits per heavy atom. The van der Waals surface area contributed by atoms with Crippen LogP contribution in [0.5, 0.6) is 0 Å². The highest BCUT2D eigenvalue weighted by Gasteiger charge is 2.40. The molecule has 0 saturated heterocycles. The van der Waals surface area contributed by atoms with Gasteiger partial charge in [-0.25, -0.2) is 0 Å². The van der Waals surface area contributed by atoms with Gasteiger partial charge in [-0.15, -0.1) is 0 Å². The van der Waals surface area contributed by atoms with Gasteiger partial charge in [0.05, 0.1) is 0 Å². The number of allylic oxidation sites excluding steroid dienone is 13. The van der Waals surface area contributed by atoms with E-state index in [1.54, 1.807) is 6.20 Å². The molecule has 1 heteroatoms. The summed E-state index contributed by atoms with van der Waals surface area (Å²) in [4.78, 5) is 0. The zero-order chi connectivity index (χ0) is 35.0. The van der Waals surface area contributed by atoms with Crippen molar-refractivity contribution < 1.29 is 0 Å². The van der Waals surface area contributed by atoms with Crippen molar-refractivity contribution in [3.8, 4) is 11.1 Å². The second-order valence-electron chi connectivity index (χ2n) is 13.1. The van der Waals surface area contributed by atoms with E-state index in [1.165, 1.54) is 27.8 Å². The molecule has 5 aromatic rings. The first-order valence-corrected chi connectivity index (χ1v) is 17.7. The molecule has 51 heavy (non-hydrogen) atoms. The van der Waals surface area contributed by atoms with Crippen molar-refractivity contribution in [3.05, 3.63) is 245 Å². The van der Waals surface area contributed by atoms with Crippen LogP contribution in [0.3, 0.4) is 0 Å². The lowest BCUT2D eigenvalue weighted by Crippen LogP contribution is -2.31. The van der Waals surface area contributed by atoms with Gasteiger partial charge in [-0.05, 0) is 92.3 Å². The van der Waals surface area contributed by atoms with Crippen molar-refractivity contribution in [3.63, 3.8) is 0 Å². The number of nitrogens with two attached hydrogens (primary N) is 1. The van der Waals surface area contributed by atoms with Crippen molar-refractivity contribution in [1.29, 1.82) is 0 Å². The van der Waals surface area contributed by atoms with Crippen LogP contribution in [-0.4, -0.2) is 0 Å². The minimum absolute atomic E-state index is 0.132. The fourth-order valence-corrected chi connectivity index (χ4v) is 7.53. The number of hydrogen-bond acceptors (Lipinski definition) is 1. The maximum absolute atomic E-state index is 6.28. The smallest absolute Gasteiger partial charge is 0.0492 e. The monoisotopic (exact) mass is 657 g/mol. The van der Waals surface area contributed by atoms with Crippen LogP contribution in [-0.2, 0) is 5.41 Å². The highest BCUT2D eigenvalue weighted by Crippen LogP contribution is 2.50. The molecule has 0 aliphatic heterocycles. The summed E-state index contributed by atoms with van der Waals surface area (Å²) in [5.74, 6) is 0.132. The van der Waals surface area contributed by atoms with Gasteiger partial charge in [0.15, 0.2) is 0 Å². The van der Waals surface area contributed by atoms with Gasteiger partial charge in [-0.2, -0.15) is 0 Å². The maximum Gasteiger partial charge on any atom is 0.0492 e. The lowest BCUT2D eigenvalue weighted by Gasteiger charge is -2.38. The molecule has 0 fully saturated rings. The Kier molecular flexibility index (Phi) is 9.90. The zero-order valence-corrected chi connectivity index (χ0v) is 29.1. The van der Waals surface area contributed by atoms with Crippen LogP contribution in [0.25, 0.3) is 28.3 Å². The minimum atomic E-state index is -0.467. The van der Waals surface area contributed by atoms with Gasteiger partial charge in [0.2, 0.25) is 0 Å². The predicted octanol–water partition coefficient (Wildman–Crippen LogP) is 12.4. The van der Waals surface area contributed by atoms with E-state index in [1.807, 2.05) is 0 Å². The van der Waals surface area contributed by atoms with Crippen LogP contribution < -0.4 is 5.73 Å². The average Bonchev–Trinajstić information content (AvgIpc) is 3.35. The summed E-state index contributed by atoms with van der Waals surface area (Å²) in [7, 11) is 0. The number of hydrogen-bond donors (Lipinski definition) is 1. The lowest BCUT2D eigenvalue weighted by molar-refractivity contribution is 0.628. The third-order valence-corrected chi connectivity index (χ3v) is 10.1. The van der Waals surface area contributed by atoms with E-state index in [0.717, 1.165) is 45.4 Å². The molecule has 0 aromatic heterocycles. The molecule has 0 bridgehead atoms. The van der Waals surface area contributed by atoms with Crippen LogP contribution >= 0.6 is 0 Å². The Bertz CT molecular complexity index is 2220. The first-order chi connectivity index (χ1) is 25.1. The Labute approximate surface area is 303 Å². The molecule has 0 saturated carbocycles. The largest absolute Gasteiger partial charge is 0.404 e. The Hall–Kier alpha value is -6.18. The molecule has 1 nitrogen and oxygen atoms in total. The van der Waals surface area contributed by atoms with Crippen molar-refractivity contribution in [2.75, 3.05) is 0 Å². The van der Waals surface area contributed by atoms with Gasteiger partial charge in [0, 0.05) is 17.5 Å². The molecule has 248 valence electrons. The third-order valence-electron chi connectivity index (χ3n) is 10.1. The van der Waals surface area contributed by atoms with E-state index in [2.05, 4.69) is 201 Å². The van der Waals surface area contributed by atoms with E-state index in [9.17, 15) is 0 Å². The summed E-state index contributed by atoms with van der Waals surface area (Å²) in [6.07, 6.45) is 26.5. The minimum Gasteiger partial charge on any atom is -0.404 e. The predicted molar refractivity (Wildman–Crippen MR) is 219 cm³/mol. The molecule has 5 aromatic carbocycles. The summed E-state index contributed by atoms with van der Waals surface area (Å²) in [5, 5.41) is 0. The molecular formula is C50H43N. The van der Waals surface area contributed by atoms with E-state index >= 15 is 0 Å². The summed E-state index contributed by atoms with van der Waals surface area (Å²) in [6, 6.07) is 45.9. The lowest BCUT2D eigenvalue weighted by atomic mass is 9.64. The van der Waals surface area contributed by atoms with Crippen LogP contribution in [0.1, 0.15) is 58.2 Å². The number of rotatable bonds is 7. The highest BCUT2D eigenvalue weighted by molar-refractivity contribution is 5.84.